The zero-order chi connectivity index (χ0) is 23.6. The highest BCUT2D eigenvalue weighted by Gasteiger charge is 2.16. The number of hydrogen-bond donors (Lipinski definition) is 2. The summed E-state index contributed by atoms with van der Waals surface area (Å²) in [6, 6.07) is 6.76. The molecule has 1 aromatic carbocycles. The molecule has 2 amide bonds. The molecule has 1 aliphatic carbocycles. The van der Waals surface area contributed by atoms with Gasteiger partial charge in [0.15, 0.2) is 0 Å². The smallest absolute Gasteiger partial charge is 0.331 e. The molecule has 3 rings (SSSR count). The third-order valence-electron chi connectivity index (χ3n) is 6.00. The van der Waals surface area contributed by atoms with E-state index in [1.165, 1.54) is 23.0 Å². The summed E-state index contributed by atoms with van der Waals surface area (Å²) in [5.41, 5.74) is 0.763. The highest BCUT2D eigenvalue weighted by Crippen LogP contribution is 2.19. The minimum absolute atomic E-state index is 0.0263. The molecule has 1 aliphatic rings. The average Bonchev–Trinajstić information content (AvgIpc) is 2.82. The molecule has 1 aromatic heterocycles. The number of unbranched alkanes of at least 4 members (excludes halogenated alkanes) is 1. The van der Waals surface area contributed by atoms with Crippen molar-refractivity contribution in [3.8, 4) is 0 Å². The summed E-state index contributed by atoms with van der Waals surface area (Å²) < 4.78 is 2.38. The summed E-state index contributed by atoms with van der Waals surface area (Å²) in [6.45, 7) is 2.92. The van der Waals surface area contributed by atoms with Gasteiger partial charge in [0.2, 0.25) is 11.8 Å². The van der Waals surface area contributed by atoms with Crippen molar-refractivity contribution in [2.45, 2.75) is 71.4 Å². The van der Waals surface area contributed by atoms with Crippen LogP contribution >= 0.6 is 0 Å². The lowest BCUT2D eigenvalue weighted by atomic mass is 9.97. The van der Waals surface area contributed by atoms with Crippen LogP contribution in [0.4, 0.5) is 0 Å². The van der Waals surface area contributed by atoms with Crippen LogP contribution in [0, 0.1) is 0 Å². The van der Waals surface area contributed by atoms with Crippen LogP contribution in [-0.4, -0.2) is 34.0 Å². The highest BCUT2D eigenvalue weighted by atomic mass is 16.2. The van der Waals surface area contributed by atoms with E-state index >= 15 is 0 Å². The molecule has 1 heterocycles. The molecule has 2 N–H and O–H groups in total. The molecule has 0 unspecified atom stereocenters. The van der Waals surface area contributed by atoms with Crippen molar-refractivity contribution in [3.05, 3.63) is 56.8 Å². The quantitative estimate of drug-likeness (QED) is 0.402. The van der Waals surface area contributed by atoms with Crippen molar-refractivity contribution in [2.24, 2.45) is 0 Å². The standard InChI is InChI=1S/C25H34N4O4/c1-2-3-15-26-22(30)14-17-28-24(32)20-11-7-8-12-21(20)29(25(28)33)18-23(31)27-16-13-19-9-5-4-6-10-19/h7-9,11-12H,2-6,10,13-18H2,1H3,(H,26,30)(H,27,31). The lowest BCUT2D eigenvalue weighted by molar-refractivity contribution is -0.122. The van der Waals surface area contributed by atoms with Gasteiger partial charge in [-0.3, -0.25) is 23.5 Å². The first-order valence-electron chi connectivity index (χ1n) is 11.9. The number of rotatable bonds is 11. The molecule has 0 saturated carbocycles. The van der Waals surface area contributed by atoms with Crippen molar-refractivity contribution >= 4 is 22.7 Å². The first-order chi connectivity index (χ1) is 16.0. The van der Waals surface area contributed by atoms with E-state index in [1.54, 1.807) is 24.3 Å². The lowest BCUT2D eigenvalue weighted by Crippen LogP contribution is -2.43. The Bertz CT molecular complexity index is 1130. The number of para-hydroxylation sites is 1. The molecule has 0 spiro atoms. The minimum atomic E-state index is -0.579. The van der Waals surface area contributed by atoms with Gasteiger partial charge in [-0.1, -0.05) is 37.1 Å². The molecule has 8 nitrogen and oxygen atoms in total. The molecular formula is C25H34N4O4. The van der Waals surface area contributed by atoms with Crippen LogP contribution in [0.1, 0.15) is 58.3 Å². The number of fused-ring (bicyclic) bond motifs is 1. The Kier molecular flexibility index (Phi) is 9.04. The van der Waals surface area contributed by atoms with Crippen LogP contribution in [0.3, 0.4) is 0 Å². The number of nitrogens with zero attached hydrogens (tertiary/aromatic N) is 2. The first kappa shape index (κ1) is 24.5. The summed E-state index contributed by atoms with van der Waals surface area (Å²) >= 11 is 0. The van der Waals surface area contributed by atoms with Gasteiger partial charge in [-0.2, -0.15) is 0 Å². The summed E-state index contributed by atoms with van der Waals surface area (Å²) in [5.74, 6) is -0.481. The second kappa shape index (κ2) is 12.2. The Labute approximate surface area is 193 Å². The van der Waals surface area contributed by atoms with Crippen LogP contribution in [0.15, 0.2) is 45.5 Å². The predicted octanol–water partition coefficient (Wildman–Crippen LogP) is 2.48. The molecule has 0 bridgehead atoms. The van der Waals surface area contributed by atoms with E-state index in [4.69, 9.17) is 0 Å². The zero-order valence-corrected chi connectivity index (χ0v) is 19.4. The Balaban J connectivity index is 1.74. The van der Waals surface area contributed by atoms with E-state index in [0.29, 0.717) is 24.0 Å². The largest absolute Gasteiger partial charge is 0.356 e. The molecule has 8 heteroatoms. The van der Waals surface area contributed by atoms with Crippen molar-refractivity contribution in [3.63, 3.8) is 0 Å². The fourth-order valence-electron chi connectivity index (χ4n) is 4.12. The SMILES string of the molecule is CCCCNC(=O)CCn1c(=O)c2ccccc2n(CC(=O)NCCC2=CCCCC2)c1=O. The van der Waals surface area contributed by atoms with Crippen LogP contribution in [-0.2, 0) is 22.7 Å². The van der Waals surface area contributed by atoms with Crippen LogP contribution in [0.5, 0.6) is 0 Å². The maximum atomic E-state index is 13.1. The van der Waals surface area contributed by atoms with Crippen molar-refractivity contribution in [2.75, 3.05) is 13.1 Å². The van der Waals surface area contributed by atoms with Gasteiger partial charge in [0.1, 0.15) is 6.54 Å². The maximum Gasteiger partial charge on any atom is 0.331 e. The number of benzene rings is 1. The number of allylic oxidation sites excluding steroid dienone is 1. The van der Waals surface area contributed by atoms with Crippen molar-refractivity contribution in [1.29, 1.82) is 0 Å². The van der Waals surface area contributed by atoms with E-state index in [2.05, 4.69) is 16.7 Å². The number of amides is 2. The van der Waals surface area contributed by atoms with Crippen LogP contribution in [0.25, 0.3) is 10.9 Å². The van der Waals surface area contributed by atoms with E-state index in [9.17, 15) is 19.2 Å². The summed E-state index contributed by atoms with van der Waals surface area (Å²) in [5, 5.41) is 6.04. The van der Waals surface area contributed by atoms with Gasteiger partial charge in [0.25, 0.3) is 5.56 Å². The normalized spacial score (nSPS) is 13.5. The number of carbonyl (C=O) groups is 2. The Morgan fingerprint density at radius 1 is 1.00 bits per heavy atom. The van der Waals surface area contributed by atoms with Gasteiger partial charge < -0.3 is 10.6 Å². The molecule has 178 valence electrons. The second-order valence-corrected chi connectivity index (χ2v) is 8.50. The van der Waals surface area contributed by atoms with Gasteiger partial charge in [-0.05, 0) is 50.7 Å². The van der Waals surface area contributed by atoms with E-state index in [-0.39, 0.29) is 31.3 Å². The average molecular weight is 455 g/mol. The fourth-order valence-corrected chi connectivity index (χ4v) is 4.12. The molecular weight excluding hydrogens is 420 g/mol. The molecule has 2 aromatic rings. The van der Waals surface area contributed by atoms with Gasteiger partial charge in [-0.25, -0.2) is 4.79 Å². The summed E-state index contributed by atoms with van der Waals surface area (Å²) in [7, 11) is 0. The van der Waals surface area contributed by atoms with Crippen molar-refractivity contribution < 1.29 is 9.59 Å². The second-order valence-electron chi connectivity index (χ2n) is 8.50. The monoisotopic (exact) mass is 454 g/mol. The number of carbonyl (C=O) groups excluding carboxylic acids is 2. The fraction of sp³-hybridized carbons (Fsp3) is 0.520. The number of nitrogens with one attached hydrogen (secondary N) is 2. The minimum Gasteiger partial charge on any atom is -0.356 e. The Hall–Kier alpha value is -3.16. The Morgan fingerprint density at radius 2 is 1.79 bits per heavy atom. The zero-order valence-electron chi connectivity index (χ0n) is 19.4. The van der Waals surface area contributed by atoms with Gasteiger partial charge in [0.05, 0.1) is 10.9 Å². The topological polar surface area (TPSA) is 102 Å². The van der Waals surface area contributed by atoms with E-state index in [1.807, 2.05) is 6.92 Å². The third-order valence-corrected chi connectivity index (χ3v) is 6.00. The highest BCUT2D eigenvalue weighted by molar-refractivity contribution is 5.81. The van der Waals surface area contributed by atoms with Gasteiger partial charge in [0, 0.05) is 26.1 Å². The lowest BCUT2D eigenvalue weighted by Gasteiger charge is -2.15. The van der Waals surface area contributed by atoms with Crippen molar-refractivity contribution in [1.82, 2.24) is 19.8 Å². The molecule has 0 atom stereocenters. The number of aromatic nitrogens is 2. The van der Waals surface area contributed by atoms with Gasteiger partial charge in [-0.15, -0.1) is 0 Å². The van der Waals surface area contributed by atoms with E-state index in [0.717, 1.165) is 36.7 Å². The first-order valence-corrected chi connectivity index (χ1v) is 11.9. The third kappa shape index (κ3) is 6.66. The van der Waals surface area contributed by atoms with Gasteiger partial charge >= 0.3 is 5.69 Å². The molecule has 0 saturated heterocycles. The molecule has 33 heavy (non-hydrogen) atoms. The summed E-state index contributed by atoms with van der Waals surface area (Å²) in [4.78, 5) is 50.8. The van der Waals surface area contributed by atoms with E-state index < -0.39 is 11.2 Å². The molecule has 0 fully saturated rings. The summed E-state index contributed by atoms with van der Waals surface area (Å²) in [6.07, 6.45) is 9.53. The predicted molar refractivity (Wildman–Crippen MR) is 129 cm³/mol. The van der Waals surface area contributed by atoms with Crippen LogP contribution in [0.2, 0.25) is 0 Å². The molecule has 0 aliphatic heterocycles. The van der Waals surface area contributed by atoms with Crippen LogP contribution < -0.4 is 21.9 Å². The number of hydrogen-bond acceptors (Lipinski definition) is 4. The Morgan fingerprint density at radius 3 is 2.55 bits per heavy atom. The maximum absolute atomic E-state index is 13.1. The molecule has 0 radical (unpaired) electrons.